The highest BCUT2D eigenvalue weighted by atomic mass is 16.5. The smallest absolute Gasteiger partial charge is 0.126 e. The van der Waals surface area contributed by atoms with Gasteiger partial charge >= 0.3 is 0 Å². The Morgan fingerprint density at radius 1 is 1.20 bits per heavy atom. The zero-order chi connectivity index (χ0) is 14.1. The number of rotatable bonds is 3. The van der Waals surface area contributed by atoms with Crippen molar-refractivity contribution >= 4 is 0 Å². The largest absolute Gasteiger partial charge is 0.496 e. The standard InChI is InChI=1S/C17H16N2O/c1-20-17-7-2-11(10-18)8-15(17)13-5-3-12(4-6-13)14-9-16(14)19/h2-8,14,16H,9,19H2,1H3/t14-,16+/m0/s1. The van der Waals surface area contributed by atoms with Crippen LogP contribution in [0, 0.1) is 11.3 Å². The highest BCUT2D eigenvalue weighted by Gasteiger charge is 2.34. The van der Waals surface area contributed by atoms with Gasteiger partial charge in [0.05, 0.1) is 18.7 Å². The van der Waals surface area contributed by atoms with E-state index in [4.69, 9.17) is 15.7 Å². The molecule has 2 atom stereocenters. The predicted molar refractivity (Wildman–Crippen MR) is 78.5 cm³/mol. The SMILES string of the molecule is COc1ccc(C#N)cc1-c1ccc([C@@H]2C[C@H]2N)cc1. The summed E-state index contributed by atoms with van der Waals surface area (Å²) in [6, 6.07) is 16.3. The van der Waals surface area contributed by atoms with Crippen molar-refractivity contribution in [2.45, 2.75) is 18.4 Å². The van der Waals surface area contributed by atoms with E-state index in [1.807, 2.05) is 12.1 Å². The van der Waals surface area contributed by atoms with Crippen LogP contribution in [-0.2, 0) is 0 Å². The average Bonchev–Trinajstić information content (AvgIpc) is 3.23. The molecule has 1 saturated carbocycles. The fraction of sp³-hybridized carbons (Fsp3) is 0.235. The molecule has 0 aliphatic heterocycles. The molecule has 0 saturated heterocycles. The summed E-state index contributed by atoms with van der Waals surface area (Å²) < 4.78 is 5.38. The van der Waals surface area contributed by atoms with E-state index in [9.17, 15) is 0 Å². The molecule has 0 unspecified atom stereocenters. The van der Waals surface area contributed by atoms with Gasteiger partial charge in [0.1, 0.15) is 5.75 Å². The normalized spacial score (nSPS) is 20.2. The van der Waals surface area contributed by atoms with Crippen LogP contribution in [0.5, 0.6) is 5.75 Å². The van der Waals surface area contributed by atoms with Gasteiger partial charge in [0.2, 0.25) is 0 Å². The molecular weight excluding hydrogens is 248 g/mol. The van der Waals surface area contributed by atoms with Crippen molar-refractivity contribution in [2.24, 2.45) is 5.73 Å². The van der Waals surface area contributed by atoms with Gasteiger partial charge in [-0.05, 0) is 35.7 Å². The summed E-state index contributed by atoms with van der Waals surface area (Å²) >= 11 is 0. The average molecular weight is 264 g/mol. The van der Waals surface area contributed by atoms with Gasteiger partial charge in [-0.25, -0.2) is 0 Å². The highest BCUT2D eigenvalue weighted by Crippen LogP contribution is 2.40. The Hall–Kier alpha value is -2.31. The number of hydrogen-bond acceptors (Lipinski definition) is 3. The molecule has 0 radical (unpaired) electrons. The third kappa shape index (κ3) is 2.26. The van der Waals surface area contributed by atoms with Crippen LogP contribution in [0.15, 0.2) is 42.5 Å². The summed E-state index contributed by atoms with van der Waals surface area (Å²) in [6.07, 6.45) is 1.08. The summed E-state index contributed by atoms with van der Waals surface area (Å²) in [7, 11) is 1.64. The van der Waals surface area contributed by atoms with Gasteiger partial charge in [-0.1, -0.05) is 24.3 Å². The van der Waals surface area contributed by atoms with E-state index in [1.165, 1.54) is 5.56 Å². The minimum absolute atomic E-state index is 0.317. The van der Waals surface area contributed by atoms with E-state index >= 15 is 0 Å². The fourth-order valence-electron chi connectivity index (χ4n) is 2.51. The summed E-state index contributed by atoms with van der Waals surface area (Å²) in [4.78, 5) is 0. The summed E-state index contributed by atoms with van der Waals surface area (Å²) in [6.45, 7) is 0. The number of nitrogens with zero attached hydrogens (tertiary/aromatic N) is 1. The van der Waals surface area contributed by atoms with Crippen LogP contribution < -0.4 is 10.5 Å². The van der Waals surface area contributed by atoms with Crippen molar-refractivity contribution in [3.63, 3.8) is 0 Å². The van der Waals surface area contributed by atoms with E-state index in [2.05, 4.69) is 30.3 Å². The van der Waals surface area contributed by atoms with Gasteiger partial charge in [-0.3, -0.25) is 0 Å². The first kappa shape index (κ1) is 12.7. The molecule has 0 bridgehead atoms. The first-order valence-electron chi connectivity index (χ1n) is 6.67. The van der Waals surface area contributed by atoms with Crippen molar-refractivity contribution in [3.8, 4) is 22.9 Å². The van der Waals surface area contributed by atoms with Crippen molar-refractivity contribution in [2.75, 3.05) is 7.11 Å². The lowest BCUT2D eigenvalue weighted by molar-refractivity contribution is 0.416. The molecule has 0 spiro atoms. The lowest BCUT2D eigenvalue weighted by atomic mass is 9.99. The molecule has 3 rings (SSSR count). The number of benzene rings is 2. The van der Waals surface area contributed by atoms with Gasteiger partial charge in [0, 0.05) is 17.5 Å². The predicted octanol–water partition coefficient (Wildman–Crippen LogP) is 3.05. The van der Waals surface area contributed by atoms with Crippen molar-refractivity contribution in [1.29, 1.82) is 5.26 Å². The molecule has 0 amide bonds. The molecular formula is C17H16N2O. The van der Waals surface area contributed by atoms with Crippen molar-refractivity contribution in [1.82, 2.24) is 0 Å². The molecule has 2 N–H and O–H groups in total. The molecule has 0 heterocycles. The topological polar surface area (TPSA) is 59.0 Å². The molecule has 0 aromatic heterocycles. The monoisotopic (exact) mass is 264 g/mol. The summed E-state index contributed by atoms with van der Waals surface area (Å²) in [5.74, 6) is 1.29. The van der Waals surface area contributed by atoms with Gasteiger partial charge in [0.15, 0.2) is 0 Å². The van der Waals surface area contributed by atoms with Crippen LogP contribution in [0.25, 0.3) is 11.1 Å². The molecule has 20 heavy (non-hydrogen) atoms. The van der Waals surface area contributed by atoms with E-state index in [0.717, 1.165) is 23.3 Å². The van der Waals surface area contributed by atoms with Crippen molar-refractivity contribution < 1.29 is 4.74 Å². The number of ether oxygens (including phenoxy) is 1. The Kier molecular flexibility index (Phi) is 3.17. The Labute approximate surface area is 118 Å². The Balaban J connectivity index is 1.97. The fourth-order valence-corrected chi connectivity index (χ4v) is 2.51. The second-order valence-corrected chi connectivity index (χ2v) is 5.15. The van der Waals surface area contributed by atoms with Gasteiger partial charge < -0.3 is 10.5 Å². The minimum Gasteiger partial charge on any atom is -0.496 e. The quantitative estimate of drug-likeness (QED) is 0.926. The summed E-state index contributed by atoms with van der Waals surface area (Å²) in [5.41, 5.74) is 9.79. The number of nitriles is 1. The zero-order valence-electron chi connectivity index (χ0n) is 11.3. The molecule has 3 heteroatoms. The molecule has 2 aromatic carbocycles. The molecule has 2 aromatic rings. The van der Waals surface area contributed by atoms with E-state index in [0.29, 0.717) is 17.5 Å². The van der Waals surface area contributed by atoms with Crippen molar-refractivity contribution in [3.05, 3.63) is 53.6 Å². The lowest BCUT2D eigenvalue weighted by Crippen LogP contribution is -2.00. The first-order valence-corrected chi connectivity index (χ1v) is 6.67. The van der Waals surface area contributed by atoms with E-state index in [-0.39, 0.29) is 0 Å². The second-order valence-electron chi connectivity index (χ2n) is 5.15. The van der Waals surface area contributed by atoms with Crippen LogP contribution in [-0.4, -0.2) is 13.2 Å². The first-order chi connectivity index (χ1) is 9.72. The molecule has 1 fully saturated rings. The zero-order valence-corrected chi connectivity index (χ0v) is 11.3. The number of methoxy groups -OCH3 is 1. The summed E-state index contributed by atoms with van der Waals surface area (Å²) in [5, 5.41) is 9.02. The molecule has 100 valence electrons. The van der Waals surface area contributed by atoms with Gasteiger partial charge in [-0.2, -0.15) is 5.26 Å². The van der Waals surface area contributed by atoms with Crippen LogP contribution in [0.3, 0.4) is 0 Å². The Bertz CT molecular complexity index is 670. The van der Waals surface area contributed by atoms with Crippen LogP contribution >= 0.6 is 0 Å². The highest BCUT2D eigenvalue weighted by molar-refractivity contribution is 5.72. The second kappa shape index (κ2) is 4.99. The Morgan fingerprint density at radius 2 is 1.90 bits per heavy atom. The Morgan fingerprint density at radius 3 is 2.45 bits per heavy atom. The molecule has 3 nitrogen and oxygen atoms in total. The van der Waals surface area contributed by atoms with Crippen LogP contribution in [0.4, 0.5) is 0 Å². The maximum absolute atomic E-state index is 9.02. The van der Waals surface area contributed by atoms with Crippen LogP contribution in [0.1, 0.15) is 23.5 Å². The maximum Gasteiger partial charge on any atom is 0.126 e. The van der Waals surface area contributed by atoms with E-state index < -0.39 is 0 Å². The number of hydrogen-bond donors (Lipinski definition) is 1. The molecule has 1 aliphatic rings. The number of nitrogens with two attached hydrogens (primary N) is 1. The van der Waals surface area contributed by atoms with Crippen LogP contribution in [0.2, 0.25) is 0 Å². The maximum atomic E-state index is 9.02. The van der Waals surface area contributed by atoms with Gasteiger partial charge in [0.25, 0.3) is 0 Å². The lowest BCUT2D eigenvalue weighted by Gasteiger charge is -2.10. The minimum atomic E-state index is 0.317. The molecule has 1 aliphatic carbocycles. The van der Waals surface area contributed by atoms with Gasteiger partial charge in [-0.15, -0.1) is 0 Å². The van der Waals surface area contributed by atoms with E-state index in [1.54, 1.807) is 13.2 Å². The third-order valence-electron chi connectivity index (χ3n) is 3.82. The third-order valence-corrected chi connectivity index (χ3v) is 3.82.